The summed E-state index contributed by atoms with van der Waals surface area (Å²) in [6, 6.07) is 25.0. The lowest BCUT2D eigenvalue weighted by Crippen LogP contribution is -2.49. The van der Waals surface area contributed by atoms with Crippen LogP contribution in [0.25, 0.3) is 22.9 Å². The van der Waals surface area contributed by atoms with E-state index in [1.54, 1.807) is 7.11 Å². The van der Waals surface area contributed by atoms with E-state index >= 15 is 0 Å². The maximum atomic E-state index is 6.26. The molecule has 1 atom stereocenters. The Morgan fingerprint density at radius 2 is 1.66 bits per heavy atom. The van der Waals surface area contributed by atoms with Crippen molar-refractivity contribution < 1.29 is 14.3 Å². The molecule has 3 aliphatic heterocycles. The van der Waals surface area contributed by atoms with E-state index in [1.807, 2.05) is 18.2 Å². The molecule has 0 bridgehead atoms. The SMILES string of the molecule is COc1cc2c(cc1-c1ccccc1)OCC1=C2NOC1CN1CCN(CC(C)=Cc2ccccc2)CC1. The number of hydrogen-bond donors (Lipinski definition) is 1. The van der Waals surface area contributed by atoms with Crippen LogP contribution < -0.4 is 15.0 Å². The molecule has 1 fully saturated rings. The topological polar surface area (TPSA) is 46.2 Å². The minimum Gasteiger partial charge on any atom is -0.496 e. The molecule has 0 aliphatic carbocycles. The second kappa shape index (κ2) is 11.0. The Balaban J connectivity index is 1.10. The maximum absolute atomic E-state index is 6.26. The van der Waals surface area contributed by atoms with Crippen LogP contribution in [-0.2, 0) is 4.84 Å². The quantitative estimate of drug-likeness (QED) is 0.479. The van der Waals surface area contributed by atoms with Crippen molar-refractivity contribution in [1.82, 2.24) is 15.3 Å². The molecule has 1 N–H and O–H groups in total. The number of hydrogen-bond acceptors (Lipinski definition) is 6. The molecule has 6 rings (SSSR count). The molecule has 3 aromatic carbocycles. The molecule has 6 heteroatoms. The van der Waals surface area contributed by atoms with Crippen molar-refractivity contribution in [2.45, 2.75) is 13.0 Å². The minimum absolute atomic E-state index is 0.0239. The molecule has 1 unspecified atom stereocenters. The number of hydroxylamine groups is 1. The highest BCUT2D eigenvalue weighted by Gasteiger charge is 2.35. The van der Waals surface area contributed by atoms with Gasteiger partial charge in [0.15, 0.2) is 0 Å². The third-order valence-electron chi connectivity index (χ3n) is 7.63. The van der Waals surface area contributed by atoms with E-state index in [-0.39, 0.29) is 6.10 Å². The summed E-state index contributed by atoms with van der Waals surface area (Å²) in [6.45, 7) is 8.82. The van der Waals surface area contributed by atoms with Gasteiger partial charge in [-0.2, -0.15) is 0 Å². The Kier molecular flexibility index (Phi) is 7.18. The Hall–Kier alpha value is -3.58. The summed E-state index contributed by atoms with van der Waals surface area (Å²) < 4.78 is 12.0. The summed E-state index contributed by atoms with van der Waals surface area (Å²) in [6.07, 6.45) is 2.26. The Bertz CT molecular complexity index is 1330. The van der Waals surface area contributed by atoms with Crippen molar-refractivity contribution in [2.75, 3.05) is 53.0 Å². The second-order valence-electron chi connectivity index (χ2n) is 10.3. The average molecular weight is 510 g/mol. The first-order chi connectivity index (χ1) is 18.7. The summed E-state index contributed by atoms with van der Waals surface area (Å²) in [7, 11) is 1.72. The van der Waals surface area contributed by atoms with Crippen LogP contribution in [0.1, 0.15) is 18.1 Å². The van der Waals surface area contributed by atoms with Gasteiger partial charge in [-0.1, -0.05) is 72.3 Å². The molecular formula is C32H35N3O3. The van der Waals surface area contributed by atoms with Crippen LogP contribution in [0.4, 0.5) is 0 Å². The molecule has 0 amide bonds. The van der Waals surface area contributed by atoms with E-state index in [0.29, 0.717) is 6.61 Å². The number of piperazine rings is 1. The number of methoxy groups -OCH3 is 1. The van der Waals surface area contributed by atoms with Crippen molar-refractivity contribution in [3.8, 4) is 22.6 Å². The zero-order valence-corrected chi connectivity index (χ0v) is 22.2. The lowest BCUT2D eigenvalue weighted by atomic mass is 9.96. The number of fused-ring (bicyclic) bond motifs is 2. The molecule has 3 aliphatic rings. The fraction of sp³-hybridized carbons (Fsp3) is 0.312. The van der Waals surface area contributed by atoms with Crippen molar-refractivity contribution >= 4 is 11.8 Å². The van der Waals surface area contributed by atoms with E-state index in [2.05, 4.69) is 82.9 Å². The summed E-state index contributed by atoms with van der Waals surface area (Å²) in [5.41, 5.74) is 11.2. The van der Waals surface area contributed by atoms with Crippen molar-refractivity contribution in [3.63, 3.8) is 0 Å². The summed E-state index contributed by atoms with van der Waals surface area (Å²) in [5.74, 6) is 1.68. The first kappa shape index (κ1) is 24.7. The predicted octanol–water partition coefficient (Wildman–Crippen LogP) is 5.09. The normalized spacial score (nSPS) is 19.9. The van der Waals surface area contributed by atoms with Gasteiger partial charge in [0.2, 0.25) is 0 Å². The maximum Gasteiger partial charge on any atom is 0.130 e. The Morgan fingerprint density at radius 3 is 2.39 bits per heavy atom. The highest BCUT2D eigenvalue weighted by Crippen LogP contribution is 2.43. The molecule has 0 aromatic heterocycles. The van der Waals surface area contributed by atoms with E-state index in [4.69, 9.17) is 14.3 Å². The van der Waals surface area contributed by atoms with Crippen LogP contribution in [0.15, 0.2) is 83.9 Å². The number of benzene rings is 3. The van der Waals surface area contributed by atoms with E-state index in [9.17, 15) is 0 Å². The fourth-order valence-electron chi connectivity index (χ4n) is 5.61. The van der Waals surface area contributed by atoms with Gasteiger partial charge in [0.05, 0.1) is 12.8 Å². The molecule has 0 radical (unpaired) electrons. The Morgan fingerprint density at radius 1 is 0.947 bits per heavy atom. The second-order valence-corrected chi connectivity index (χ2v) is 10.3. The predicted molar refractivity (Wildman–Crippen MR) is 152 cm³/mol. The van der Waals surface area contributed by atoms with Crippen LogP contribution in [0.5, 0.6) is 11.5 Å². The first-order valence-electron chi connectivity index (χ1n) is 13.4. The fourth-order valence-corrected chi connectivity index (χ4v) is 5.61. The molecule has 0 spiro atoms. The Labute approximate surface area is 225 Å². The molecular weight excluding hydrogens is 474 g/mol. The zero-order valence-electron chi connectivity index (χ0n) is 22.2. The van der Waals surface area contributed by atoms with E-state index in [1.165, 1.54) is 16.7 Å². The van der Waals surface area contributed by atoms with Crippen LogP contribution in [0.3, 0.4) is 0 Å². The molecule has 3 heterocycles. The van der Waals surface area contributed by atoms with Gasteiger partial charge in [-0.25, -0.2) is 0 Å². The number of ether oxygens (including phenoxy) is 2. The molecule has 0 saturated carbocycles. The summed E-state index contributed by atoms with van der Waals surface area (Å²) in [5, 5.41) is 0. The molecule has 6 nitrogen and oxygen atoms in total. The van der Waals surface area contributed by atoms with Gasteiger partial charge >= 0.3 is 0 Å². The van der Waals surface area contributed by atoms with E-state index in [0.717, 1.165) is 73.2 Å². The lowest BCUT2D eigenvalue weighted by Gasteiger charge is -2.36. The molecule has 38 heavy (non-hydrogen) atoms. The summed E-state index contributed by atoms with van der Waals surface area (Å²) in [4.78, 5) is 11.1. The molecule has 3 aromatic rings. The van der Waals surface area contributed by atoms with Crippen LogP contribution in [0, 0.1) is 0 Å². The third kappa shape index (κ3) is 5.20. The van der Waals surface area contributed by atoms with Crippen LogP contribution in [0.2, 0.25) is 0 Å². The minimum atomic E-state index is -0.0239. The standard InChI is InChI=1S/C32H35N3O3/c1-23(17-24-9-5-3-6-10-24)20-34-13-15-35(16-14-34)21-31-28-22-37-30-18-26(25-11-7-4-8-12-25)29(36-2)19-27(30)32(28)33-38-31/h3-12,17-19,31,33H,13-16,20-22H2,1-2H3. The van der Waals surface area contributed by atoms with Crippen molar-refractivity contribution in [2.24, 2.45) is 0 Å². The van der Waals surface area contributed by atoms with Gasteiger partial charge in [-0.05, 0) is 30.2 Å². The number of nitrogens with one attached hydrogen (secondary N) is 1. The smallest absolute Gasteiger partial charge is 0.130 e. The van der Waals surface area contributed by atoms with Gasteiger partial charge in [-0.3, -0.25) is 20.1 Å². The zero-order chi connectivity index (χ0) is 25.9. The summed E-state index contributed by atoms with van der Waals surface area (Å²) >= 11 is 0. The molecule has 196 valence electrons. The number of rotatable bonds is 7. The molecule has 1 saturated heterocycles. The highest BCUT2D eigenvalue weighted by molar-refractivity contribution is 5.82. The first-order valence-corrected chi connectivity index (χ1v) is 13.4. The van der Waals surface area contributed by atoms with E-state index < -0.39 is 0 Å². The van der Waals surface area contributed by atoms with Crippen molar-refractivity contribution in [1.29, 1.82) is 0 Å². The van der Waals surface area contributed by atoms with Gasteiger partial charge in [0.1, 0.15) is 24.2 Å². The lowest BCUT2D eigenvalue weighted by molar-refractivity contribution is 0.0118. The average Bonchev–Trinajstić information content (AvgIpc) is 3.37. The monoisotopic (exact) mass is 509 g/mol. The van der Waals surface area contributed by atoms with Gasteiger partial charge in [-0.15, -0.1) is 0 Å². The van der Waals surface area contributed by atoms with Gasteiger partial charge < -0.3 is 9.47 Å². The van der Waals surface area contributed by atoms with Gasteiger partial charge in [0, 0.05) is 56.0 Å². The number of nitrogens with zero attached hydrogens (tertiary/aromatic N) is 2. The van der Waals surface area contributed by atoms with Gasteiger partial charge in [0.25, 0.3) is 0 Å². The largest absolute Gasteiger partial charge is 0.496 e. The highest BCUT2D eigenvalue weighted by atomic mass is 16.7. The van der Waals surface area contributed by atoms with Crippen LogP contribution in [-0.4, -0.2) is 68.9 Å². The van der Waals surface area contributed by atoms with Crippen LogP contribution >= 0.6 is 0 Å². The van der Waals surface area contributed by atoms with Crippen molar-refractivity contribution in [3.05, 3.63) is 95.1 Å². The third-order valence-corrected chi connectivity index (χ3v) is 7.63.